The molecule has 0 saturated heterocycles. The van der Waals surface area contributed by atoms with Gasteiger partial charge in [0.15, 0.2) is 5.75 Å². The standard InChI is InChI=1S/C8H11BO4/c1-5-3-6(2)8(7(10)4-5)13-9(11)12/h3-4,10-12H,1-2H3. The molecule has 0 heterocycles. The van der Waals surface area contributed by atoms with Crippen molar-refractivity contribution in [3.05, 3.63) is 23.3 Å². The molecule has 4 nitrogen and oxygen atoms in total. The van der Waals surface area contributed by atoms with E-state index in [1.54, 1.807) is 13.0 Å². The van der Waals surface area contributed by atoms with Crippen molar-refractivity contribution in [2.24, 2.45) is 0 Å². The summed E-state index contributed by atoms with van der Waals surface area (Å²) in [5.74, 6) is 0.00574. The highest BCUT2D eigenvalue weighted by Crippen LogP contribution is 2.30. The van der Waals surface area contributed by atoms with Crippen LogP contribution in [0, 0.1) is 13.8 Å². The fraction of sp³-hybridized carbons (Fsp3) is 0.250. The Labute approximate surface area is 76.6 Å². The minimum atomic E-state index is -1.91. The van der Waals surface area contributed by atoms with E-state index in [1.165, 1.54) is 6.07 Å². The van der Waals surface area contributed by atoms with E-state index in [4.69, 9.17) is 10.0 Å². The van der Waals surface area contributed by atoms with Crippen LogP contribution >= 0.6 is 0 Å². The molecule has 0 aromatic heterocycles. The highest BCUT2D eigenvalue weighted by atomic mass is 16.6. The van der Waals surface area contributed by atoms with E-state index >= 15 is 0 Å². The Bertz CT molecular complexity index is 288. The number of aryl methyl sites for hydroxylation is 2. The number of hydrogen-bond acceptors (Lipinski definition) is 4. The maximum atomic E-state index is 9.37. The normalized spacial score (nSPS) is 9.85. The Balaban J connectivity index is 3.06. The van der Waals surface area contributed by atoms with E-state index < -0.39 is 7.32 Å². The fourth-order valence-corrected chi connectivity index (χ4v) is 1.19. The van der Waals surface area contributed by atoms with Gasteiger partial charge in [-0.2, -0.15) is 0 Å². The fourth-order valence-electron chi connectivity index (χ4n) is 1.19. The highest BCUT2D eigenvalue weighted by molar-refractivity contribution is 6.33. The van der Waals surface area contributed by atoms with Crippen molar-refractivity contribution in [3.8, 4) is 11.5 Å². The smallest absolute Gasteiger partial charge is 0.509 e. The molecule has 3 N–H and O–H groups in total. The molecule has 0 radical (unpaired) electrons. The SMILES string of the molecule is Cc1cc(C)c(OB(O)O)c(O)c1. The quantitative estimate of drug-likeness (QED) is 0.577. The van der Waals surface area contributed by atoms with E-state index in [1.807, 2.05) is 6.92 Å². The lowest BCUT2D eigenvalue weighted by Crippen LogP contribution is -2.21. The number of phenols is 1. The van der Waals surface area contributed by atoms with Crippen LogP contribution in [0.2, 0.25) is 0 Å². The second kappa shape index (κ2) is 3.68. The van der Waals surface area contributed by atoms with Gasteiger partial charge in [-0.05, 0) is 31.0 Å². The lowest BCUT2D eigenvalue weighted by molar-refractivity contribution is 0.280. The number of aromatic hydroxyl groups is 1. The van der Waals surface area contributed by atoms with Crippen LogP contribution < -0.4 is 4.65 Å². The molecule has 0 aliphatic heterocycles. The van der Waals surface area contributed by atoms with Crippen LogP contribution in [0.1, 0.15) is 11.1 Å². The van der Waals surface area contributed by atoms with E-state index in [-0.39, 0.29) is 11.5 Å². The average Bonchev–Trinajstić information content (AvgIpc) is 1.96. The van der Waals surface area contributed by atoms with Crippen molar-refractivity contribution in [3.63, 3.8) is 0 Å². The number of hydrogen-bond donors (Lipinski definition) is 3. The van der Waals surface area contributed by atoms with Crippen LogP contribution in [-0.4, -0.2) is 22.5 Å². The first kappa shape index (κ1) is 9.89. The maximum absolute atomic E-state index is 9.37. The second-order valence-corrected chi connectivity index (χ2v) is 2.87. The van der Waals surface area contributed by atoms with Crippen LogP contribution in [0.15, 0.2) is 12.1 Å². The minimum Gasteiger partial charge on any atom is -0.509 e. The number of phenolic OH excluding ortho intramolecular Hbond substituents is 1. The van der Waals surface area contributed by atoms with Gasteiger partial charge >= 0.3 is 7.32 Å². The molecule has 1 aromatic carbocycles. The Kier molecular flexibility index (Phi) is 2.80. The van der Waals surface area contributed by atoms with Crippen LogP contribution in [0.25, 0.3) is 0 Å². The van der Waals surface area contributed by atoms with Gasteiger partial charge < -0.3 is 19.8 Å². The molecule has 0 amide bonds. The first-order valence-corrected chi connectivity index (χ1v) is 3.83. The van der Waals surface area contributed by atoms with Gasteiger partial charge in [0.05, 0.1) is 0 Å². The van der Waals surface area contributed by atoms with Gasteiger partial charge in [0, 0.05) is 0 Å². The summed E-state index contributed by atoms with van der Waals surface area (Å²) >= 11 is 0. The molecule has 0 aliphatic carbocycles. The minimum absolute atomic E-state index is 0.0920. The van der Waals surface area contributed by atoms with Crippen molar-refractivity contribution in [2.45, 2.75) is 13.8 Å². The van der Waals surface area contributed by atoms with Crippen LogP contribution in [-0.2, 0) is 0 Å². The topological polar surface area (TPSA) is 69.9 Å². The molecular weight excluding hydrogens is 171 g/mol. The van der Waals surface area contributed by atoms with Crippen LogP contribution in [0.3, 0.4) is 0 Å². The molecule has 0 unspecified atom stereocenters. The van der Waals surface area contributed by atoms with Gasteiger partial charge in [-0.3, -0.25) is 0 Å². The third-order valence-electron chi connectivity index (χ3n) is 1.62. The Hall–Kier alpha value is -1.20. The second-order valence-electron chi connectivity index (χ2n) is 2.87. The van der Waals surface area contributed by atoms with Crippen LogP contribution in [0.5, 0.6) is 11.5 Å². The summed E-state index contributed by atoms with van der Waals surface area (Å²) in [6.45, 7) is 3.54. The Morgan fingerprint density at radius 1 is 1.23 bits per heavy atom. The molecule has 1 aromatic rings. The molecule has 0 bridgehead atoms. The molecule has 5 heteroatoms. The van der Waals surface area contributed by atoms with E-state index in [2.05, 4.69) is 4.65 Å². The predicted octanol–water partition coefficient (Wildman–Crippen LogP) is 0.357. The summed E-state index contributed by atoms with van der Waals surface area (Å²) in [7, 11) is -1.91. The van der Waals surface area contributed by atoms with Gasteiger partial charge in [-0.15, -0.1) is 0 Å². The van der Waals surface area contributed by atoms with Crippen molar-refractivity contribution in [2.75, 3.05) is 0 Å². The third-order valence-corrected chi connectivity index (χ3v) is 1.62. The Morgan fingerprint density at radius 2 is 1.85 bits per heavy atom. The lowest BCUT2D eigenvalue weighted by atomic mass is 10.1. The summed E-state index contributed by atoms with van der Waals surface area (Å²) < 4.78 is 4.59. The summed E-state index contributed by atoms with van der Waals surface area (Å²) in [5.41, 5.74) is 1.54. The monoisotopic (exact) mass is 182 g/mol. The van der Waals surface area contributed by atoms with Gasteiger partial charge in [0.1, 0.15) is 5.75 Å². The Morgan fingerprint density at radius 3 is 2.31 bits per heavy atom. The van der Waals surface area contributed by atoms with Crippen molar-refractivity contribution in [1.82, 2.24) is 0 Å². The average molecular weight is 182 g/mol. The summed E-state index contributed by atoms with van der Waals surface area (Å²) in [6.07, 6.45) is 0. The molecule has 0 atom stereocenters. The number of rotatable bonds is 2. The predicted molar refractivity (Wildman–Crippen MR) is 48.4 cm³/mol. The molecular formula is C8H11BO4. The number of benzene rings is 1. The molecule has 13 heavy (non-hydrogen) atoms. The first-order chi connectivity index (χ1) is 6.00. The summed E-state index contributed by atoms with van der Waals surface area (Å²) in [5, 5.41) is 26.5. The van der Waals surface area contributed by atoms with E-state index in [9.17, 15) is 5.11 Å². The van der Waals surface area contributed by atoms with Gasteiger partial charge in [-0.1, -0.05) is 6.07 Å². The third kappa shape index (κ3) is 2.37. The molecule has 0 spiro atoms. The zero-order valence-electron chi connectivity index (χ0n) is 7.48. The molecule has 0 aliphatic rings. The van der Waals surface area contributed by atoms with Crippen LogP contribution in [0.4, 0.5) is 0 Å². The van der Waals surface area contributed by atoms with Gasteiger partial charge in [0.2, 0.25) is 0 Å². The lowest BCUT2D eigenvalue weighted by Gasteiger charge is -2.10. The highest BCUT2D eigenvalue weighted by Gasteiger charge is 2.16. The molecule has 1 rings (SSSR count). The largest absolute Gasteiger partial charge is 0.707 e. The van der Waals surface area contributed by atoms with Crippen molar-refractivity contribution >= 4 is 7.32 Å². The van der Waals surface area contributed by atoms with E-state index in [0.29, 0.717) is 5.56 Å². The van der Waals surface area contributed by atoms with E-state index in [0.717, 1.165) is 5.56 Å². The summed E-state index contributed by atoms with van der Waals surface area (Å²) in [6, 6.07) is 3.27. The van der Waals surface area contributed by atoms with Gasteiger partial charge in [0.25, 0.3) is 0 Å². The van der Waals surface area contributed by atoms with Gasteiger partial charge in [-0.25, -0.2) is 0 Å². The summed E-state index contributed by atoms with van der Waals surface area (Å²) in [4.78, 5) is 0. The molecule has 0 fully saturated rings. The zero-order valence-corrected chi connectivity index (χ0v) is 7.48. The van der Waals surface area contributed by atoms with Crippen molar-refractivity contribution in [1.29, 1.82) is 0 Å². The molecule has 0 saturated carbocycles. The van der Waals surface area contributed by atoms with Crippen molar-refractivity contribution < 1.29 is 19.8 Å². The maximum Gasteiger partial charge on any atom is 0.707 e. The molecule has 70 valence electrons. The first-order valence-electron chi connectivity index (χ1n) is 3.83. The zero-order chi connectivity index (χ0) is 10.0.